The zero-order valence-electron chi connectivity index (χ0n) is 17.3. The number of imide groups is 2. The molecule has 1 aromatic rings. The van der Waals surface area contributed by atoms with Gasteiger partial charge in [0.05, 0.1) is 23.7 Å². The highest BCUT2D eigenvalue weighted by atomic mass is 16.2. The van der Waals surface area contributed by atoms with Crippen molar-refractivity contribution < 1.29 is 19.2 Å². The molecule has 0 radical (unpaired) electrons. The molecule has 6 atom stereocenters. The van der Waals surface area contributed by atoms with E-state index in [4.69, 9.17) is 0 Å². The molecule has 6 heteroatoms. The minimum Gasteiger partial charge on any atom is -0.282 e. The van der Waals surface area contributed by atoms with E-state index in [-0.39, 0.29) is 41.4 Å². The molecular weight excluding hydrogens is 380 g/mol. The summed E-state index contributed by atoms with van der Waals surface area (Å²) < 4.78 is 0. The number of allylic oxidation sites excluding steroid dienone is 2. The number of amides is 4. The first kappa shape index (κ1) is 19.2. The Hall–Kier alpha value is -2.76. The van der Waals surface area contributed by atoms with Crippen LogP contribution in [0, 0.1) is 29.6 Å². The van der Waals surface area contributed by atoms with Crippen molar-refractivity contribution in [3.05, 3.63) is 47.5 Å². The molecule has 1 saturated carbocycles. The molecule has 30 heavy (non-hydrogen) atoms. The summed E-state index contributed by atoms with van der Waals surface area (Å²) in [7, 11) is 0. The second-order valence-electron chi connectivity index (χ2n) is 8.78. The van der Waals surface area contributed by atoms with Crippen LogP contribution in [0.25, 0.3) is 0 Å². The number of benzene rings is 1. The number of carbonyl (C=O) groups is 4. The Morgan fingerprint density at radius 2 is 1.37 bits per heavy atom. The number of carbonyl (C=O) groups excluding carboxylic acids is 4. The molecule has 4 amide bonds. The van der Waals surface area contributed by atoms with Crippen molar-refractivity contribution in [3.8, 4) is 0 Å². The molecule has 2 aliphatic carbocycles. The van der Waals surface area contributed by atoms with E-state index in [2.05, 4.69) is 6.08 Å². The molecule has 6 nitrogen and oxygen atoms in total. The maximum absolute atomic E-state index is 13.2. The van der Waals surface area contributed by atoms with Gasteiger partial charge in [-0.2, -0.15) is 0 Å². The largest absolute Gasteiger partial charge is 0.282 e. The Bertz CT molecular complexity index is 969. The van der Waals surface area contributed by atoms with Crippen molar-refractivity contribution in [2.24, 2.45) is 29.6 Å². The van der Waals surface area contributed by atoms with Crippen LogP contribution >= 0.6 is 0 Å². The van der Waals surface area contributed by atoms with Crippen LogP contribution < -0.4 is 0 Å². The number of hydrogen-bond acceptors (Lipinski definition) is 4. The van der Waals surface area contributed by atoms with E-state index in [9.17, 15) is 19.2 Å². The lowest BCUT2D eigenvalue weighted by Gasteiger charge is -2.44. The Balaban J connectivity index is 1.64. The zero-order valence-corrected chi connectivity index (χ0v) is 17.3. The molecule has 156 valence electrons. The molecule has 4 aliphatic rings. The molecular formula is C24H26N2O4. The Kier molecular flexibility index (Phi) is 4.42. The molecule has 0 aromatic heterocycles. The minimum absolute atomic E-state index is 0.0924. The maximum Gasteiger partial charge on any atom is 0.234 e. The van der Waals surface area contributed by atoms with E-state index in [0.717, 1.165) is 11.1 Å². The van der Waals surface area contributed by atoms with Gasteiger partial charge >= 0.3 is 0 Å². The lowest BCUT2D eigenvalue weighted by Crippen LogP contribution is -2.43. The Labute approximate surface area is 175 Å². The summed E-state index contributed by atoms with van der Waals surface area (Å²) in [5.74, 6) is -2.43. The van der Waals surface area contributed by atoms with Crippen LogP contribution in [0.2, 0.25) is 0 Å². The molecule has 0 N–H and O–H groups in total. The molecule has 3 fully saturated rings. The van der Waals surface area contributed by atoms with Gasteiger partial charge in [0.15, 0.2) is 0 Å². The SMILES string of the molecule is CCN1C(=O)C2CC=C3C(CC4C(=O)N(CC)C(=O)C4C3c3ccccc3)C2C1=O. The second-order valence-corrected chi connectivity index (χ2v) is 8.78. The monoisotopic (exact) mass is 406 g/mol. The minimum atomic E-state index is -0.429. The predicted octanol–water partition coefficient (Wildman–Crippen LogP) is 2.36. The summed E-state index contributed by atoms with van der Waals surface area (Å²) in [5, 5.41) is 0. The third kappa shape index (κ3) is 2.42. The number of nitrogens with zero attached hydrogens (tertiary/aromatic N) is 2. The van der Waals surface area contributed by atoms with Crippen LogP contribution in [0.15, 0.2) is 42.0 Å². The van der Waals surface area contributed by atoms with Crippen molar-refractivity contribution >= 4 is 23.6 Å². The van der Waals surface area contributed by atoms with Crippen molar-refractivity contribution in [1.82, 2.24) is 9.80 Å². The number of rotatable bonds is 3. The zero-order chi connectivity index (χ0) is 21.2. The van der Waals surface area contributed by atoms with Gasteiger partial charge in [-0.3, -0.25) is 29.0 Å². The van der Waals surface area contributed by atoms with Gasteiger partial charge in [0.1, 0.15) is 0 Å². The Morgan fingerprint density at radius 3 is 2.00 bits per heavy atom. The van der Waals surface area contributed by atoms with Gasteiger partial charge in [0.2, 0.25) is 23.6 Å². The summed E-state index contributed by atoms with van der Waals surface area (Å²) in [6, 6.07) is 9.83. The average molecular weight is 406 g/mol. The summed E-state index contributed by atoms with van der Waals surface area (Å²) in [4.78, 5) is 55.0. The van der Waals surface area contributed by atoms with Crippen molar-refractivity contribution in [3.63, 3.8) is 0 Å². The first-order chi connectivity index (χ1) is 14.5. The third-order valence-corrected chi connectivity index (χ3v) is 7.62. The average Bonchev–Trinajstić information content (AvgIpc) is 3.16. The first-order valence-electron chi connectivity index (χ1n) is 10.9. The summed E-state index contributed by atoms with van der Waals surface area (Å²) in [6.07, 6.45) is 3.09. The molecule has 2 aliphatic heterocycles. The molecule has 0 bridgehead atoms. The van der Waals surface area contributed by atoms with E-state index in [1.54, 1.807) is 0 Å². The highest BCUT2D eigenvalue weighted by Gasteiger charge is 2.61. The van der Waals surface area contributed by atoms with Crippen molar-refractivity contribution in [1.29, 1.82) is 0 Å². The summed E-state index contributed by atoms with van der Waals surface area (Å²) >= 11 is 0. The van der Waals surface area contributed by atoms with Gasteiger partial charge in [-0.15, -0.1) is 0 Å². The van der Waals surface area contributed by atoms with Crippen LogP contribution in [-0.2, 0) is 19.2 Å². The molecule has 1 aromatic carbocycles. The second kappa shape index (κ2) is 6.89. The fourth-order valence-corrected chi connectivity index (χ4v) is 6.38. The molecule has 0 spiro atoms. The molecule has 6 unspecified atom stereocenters. The standard InChI is InChI=1S/C24H26N2O4/c1-3-25-21(27)15-11-10-14-16(19(15)23(25)29)12-17-20(24(30)26(4-2)22(17)28)18(14)13-8-6-5-7-9-13/h5-10,15-20H,3-4,11-12H2,1-2H3. The number of likely N-dealkylation sites (tertiary alicyclic amines) is 2. The van der Waals surface area contributed by atoms with Crippen LogP contribution in [0.1, 0.15) is 38.2 Å². The van der Waals surface area contributed by atoms with Gasteiger partial charge < -0.3 is 0 Å². The fourth-order valence-electron chi connectivity index (χ4n) is 6.38. The van der Waals surface area contributed by atoms with E-state index in [0.29, 0.717) is 25.9 Å². The van der Waals surface area contributed by atoms with Gasteiger partial charge in [-0.1, -0.05) is 42.0 Å². The van der Waals surface area contributed by atoms with Crippen molar-refractivity contribution in [2.45, 2.75) is 32.6 Å². The number of fused-ring (bicyclic) bond motifs is 4. The predicted molar refractivity (Wildman–Crippen MR) is 109 cm³/mol. The van der Waals surface area contributed by atoms with Crippen LogP contribution in [-0.4, -0.2) is 46.5 Å². The van der Waals surface area contributed by atoms with Gasteiger partial charge in [-0.25, -0.2) is 0 Å². The van der Waals surface area contributed by atoms with Gasteiger partial charge in [0, 0.05) is 19.0 Å². The van der Waals surface area contributed by atoms with E-state index >= 15 is 0 Å². The van der Waals surface area contributed by atoms with Gasteiger partial charge in [0.25, 0.3) is 0 Å². The highest BCUT2D eigenvalue weighted by Crippen LogP contribution is 2.57. The van der Waals surface area contributed by atoms with Crippen LogP contribution in [0.3, 0.4) is 0 Å². The highest BCUT2D eigenvalue weighted by molar-refractivity contribution is 6.07. The van der Waals surface area contributed by atoms with Gasteiger partial charge in [-0.05, 0) is 38.2 Å². The quantitative estimate of drug-likeness (QED) is 0.571. The normalized spacial score (nSPS) is 35.3. The molecule has 2 heterocycles. The fraction of sp³-hybridized carbons (Fsp3) is 0.500. The Morgan fingerprint density at radius 1 is 0.767 bits per heavy atom. The smallest absolute Gasteiger partial charge is 0.234 e. The van der Waals surface area contributed by atoms with E-state index < -0.39 is 17.8 Å². The summed E-state index contributed by atoms with van der Waals surface area (Å²) in [5.41, 5.74) is 2.08. The lowest BCUT2D eigenvalue weighted by molar-refractivity contribution is -0.141. The van der Waals surface area contributed by atoms with Crippen LogP contribution in [0.4, 0.5) is 0 Å². The van der Waals surface area contributed by atoms with E-state index in [1.807, 2.05) is 44.2 Å². The first-order valence-corrected chi connectivity index (χ1v) is 10.9. The summed E-state index contributed by atoms with van der Waals surface area (Å²) in [6.45, 7) is 4.39. The topological polar surface area (TPSA) is 74.8 Å². The van der Waals surface area contributed by atoms with E-state index in [1.165, 1.54) is 9.80 Å². The molecule has 5 rings (SSSR count). The maximum atomic E-state index is 13.2. The molecule has 2 saturated heterocycles. The third-order valence-electron chi connectivity index (χ3n) is 7.62. The lowest BCUT2D eigenvalue weighted by atomic mass is 9.57. The van der Waals surface area contributed by atoms with Crippen molar-refractivity contribution in [2.75, 3.05) is 13.1 Å². The number of hydrogen-bond donors (Lipinski definition) is 0. The van der Waals surface area contributed by atoms with Crippen LogP contribution in [0.5, 0.6) is 0 Å².